The van der Waals surface area contributed by atoms with Crippen molar-refractivity contribution in [2.75, 3.05) is 54.2 Å². The number of methoxy groups -OCH3 is 1. The number of rotatable bonds is 10. The normalized spacial score (nSPS) is 15.4. The van der Waals surface area contributed by atoms with Gasteiger partial charge in [0.15, 0.2) is 0 Å². The smallest absolute Gasteiger partial charge is 0.421 e. The molecule has 5 rings (SSSR count). The van der Waals surface area contributed by atoms with Crippen LogP contribution in [0.3, 0.4) is 0 Å². The Kier molecular flexibility index (Phi) is 8.45. The number of carbonyl (C=O) groups excluding carboxylic acids is 1. The molecule has 2 aromatic carbocycles. The van der Waals surface area contributed by atoms with Gasteiger partial charge in [-0.2, -0.15) is 18.2 Å². The summed E-state index contributed by atoms with van der Waals surface area (Å²) in [6.45, 7) is 2.41. The number of fused-ring (bicyclic) bond motifs is 1. The first-order valence-corrected chi connectivity index (χ1v) is 13.4. The van der Waals surface area contributed by atoms with Crippen molar-refractivity contribution < 1.29 is 27.8 Å². The number of anilines is 5. The minimum absolute atomic E-state index is 0.0301. The Morgan fingerprint density at radius 3 is 2.73 bits per heavy atom. The maximum absolute atomic E-state index is 13.8. The Labute approximate surface area is 235 Å². The third kappa shape index (κ3) is 6.63. The molecule has 5 N–H and O–H groups in total. The second kappa shape index (κ2) is 12.2. The van der Waals surface area contributed by atoms with Crippen LogP contribution in [0.25, 0.3) is 0 Å². The Balaban J connectivity index is 1.32. The average molecular weight is 572 g/mol. The van der Waals surface area contributed by atoms with Gasteiger partial charge < -0.3 is 36.0 Å². The highest BCUT2D eigenvalue weighted by Gasteiger charge is 2.35. The molecule has 0 aliphatic carbocycles. The highest BCUT2D eigenvalue weighted by Crippen LogP contribution is 2.36. The maximum Gasteiger partial charge on any atom is 0.421 e. The van der Waals surface area contributed by atoms with Crippen LogP contribution in [0.1, 0.15) is 29.5 Å². The fourth-order valence-corrected chi connectivity index (χ4v) is 5.16. The zero-order valence-electron chi connectivity index (χ0n) is 22.5. The molecule has 1 amide bonds. The van der Waals surface area contributed by atoms with Crippen LogP contribution in [0, 0.1) is 0 Å². The van der Waals surface area contributed by atoms with E-state index in [2.05, 4.69) is 36.1 Å². The fourth-order valence-electron chi connectivity index (χ4n) is 5.16. The number of benzene rings is 2. The van der Waals surface area contributed by atoms with Gasteiger partial charge >= 0.3 is 6.18 Å². The van der Waals surface area contributed by atoms with Gasteiger partial charge in [-0.15, -0.1) is 0 Å². The van der Waals surface area contributed by atoms with Crippen molar-refractivity contribution in [3.8, 4) is 5.75 Å². The van der Waals surface area contributed by atoms with Crippen molar-refractivity contribution in [2.45, 2.75) is 38.0 Å². The van der Waals surface area contributed by atoms with Gasteiger partial charge in [0.25, 0.3) is 0 Å². The summed E-state index contributed by atoms with van der Waals surface area (Å²) < 4.78 is 47.0. The van der Waals surface area contributed by atoms with Crippen LogP contribution in [0.15, 0.2) is 42.6 Å². The molecule has 3 aromatic rings. The minimum atomic E-state index is -4.67. The first-order valence-electron chi connectivity index (χ1n) is 13.4. The summed E-state index contributed by atoms with van der Waals surface area (Å²) in [5.41, 5.74) is 2.59. The second-order valence-electron chi connectivity index (χ2n) is 9.92. The lowest BCUT2D eigenvalue weighted by molar-refractivity contribution is -0.137. The third-order valence-electron chi connectivity index (χ3n) is 7.26. The Morgan fingerprint density at radius 2 is 2.00 bits per heavy atom. The zero-order chi connectivity index (χ0) is 29.0. The molecule has 1 aromatic heterocycles. The molecule has 0 radical (unpaired) electrons. The van der Waals surface area contributed by atoms with E-state index in [4.69, 9.17) is 9.84 Å². The second-order valence-corrected chi connectivity index (χ2v) is 9.92. The maximum atomic E-state index is 13.8. The third-order valence-corrected chi connectivity index (χ3v) is 7.26. The lowest BCUT2D eigenvalue weighted by Crippen LogP contribution is -2.43. The molecule has 41 heavy (non-hydrogen) atoms. The fraction of sp³-hybridized carbons (Fsp3) is 0.393. The number of ether oxygens (including phenoxy) is 1. The number of amides is 1. The number of carbonyl (C=O) groups is 1. The van der Waals surface area contributed by atoms with Crippen LogP contribution in [-0.4, -0.2) is 60.4 Å². The molecule has 1 fully saturated rings. The number of alkyl halides is 3. The number of nitrogens with one attached hydrogen (secondary N) is 4. The first kappa shape index (κ1) is 28.4. The lowest BCUT2D eigenvalue weighted by Gasteiger charge is -2.34. The van der Waals surface area contributed by atoms with Gasteiger partial charge in [0.2, 0.25) is 11.9 Å². The summed E-state index contributed by atoms with van der Waals surface area (Å²) in [5, 5.41) is 20.9. The van der Waals surface area contributed by atoms with Crippen molar-refractivity contribution in [1.82, 2.24) is 15.3 Å². The zero-order valence-corrected chi connectivity index (χ0v) is 22.5. The van der Waals surface area contributed by atoms with Crippen molar-refractivity contribution in [1.29, 1.82) is 0 Å². The Bertz CT molecular complexity index is 1390. The van der Waals surface area contributed by atoms with E-state index < -0.39 is 11.7 Å². The van der Waals surface area contributed by atoms with E-state index in [-0.39, 0.29) is 37.2 Å². The molecule has 3 heterocycles. The van der Waals surface area contributed by atoms with Gasteiger partial charge in [-0.25, -0.2) is 4.98 Å². The molecule has 1 saturated heterocycles. The van der Waals surface area contributed by atoms with Crippen molar-refractivity contribution >= 4 is 34.7 Å². The monoisotopic (exact) mass is 571 g/mol. The van der Waals surface area contributed by atoms with Crippen molar-refractivity contribution in [3.63, 3.8) is 0 Å². The summed E-state index contributed by atoms with van der Waals surface area (Å²) in [6.07, 6.45) is -1.87. The number of hydrogen-bond acceptors (Lipinski definition) is 9. The Morgan fingerprint density at radius 1 is 1.20 bits per heavy atom. The quantitative estimate of drug-likeness (QED) is 0.247. The number of aliphatic hydroxyl groups is 1. The van der Waals surface area contributed by atoms with E-state index in [0.717, 1.165) is 43.4 Å². The first-order chi connectivity index (χ1) is 19.7. The van der Waals surface area contributed by atoms with Crippen LogP contribution in [0.2, 0.25) is 0 Å². The van der Waals surface area contributed by atoms with Crippen molar-refractivity contribution in [3.05, 3.63) is 59.3 Å². The van der Waals surface area contributed by atoms with Gasteiger partial charge in [0.1, 0.15) is 17.1 Å². The largest absolute Gasteiger partial charge is 0.494 e. The number of aliphatic hydroxyl groups excluding tert-OH is 1. The van der Waals surface area contributed by atoms with Gasteiger partial charge in [0, 0.05) is 55.9 Å². The van der Waals surface area contributed by atoms with Crippen LogP contribution in [0.4, 0.5) is 42.0 Å². The molecule has 2 aliphatic heterocycles. The number of aromatic nitrogens is 2. The minimum Gasteiger partial charge on any atom is -0.494 e. The van der Waals surface area contributed by atoms with Gasteiger partial charge in [-0.05, 0) is 42.2 Å². The molecule has 0 atom stereocenters. The van der Waals surface area contributed by atoms with Gasteiger partial charge in [-0.3, -0.25) is 4.79 Å². The molecule has 13 heteroatoms. The molecular formula is C28H32F3N7O3. The molecule has 0 spiro atoms. The Hall–Kier alpha value is -4.10. The molecule has 0 saturated carbocycles. The van der Waals surface area contributed by atoms with E-state index in [1.54, 1.807) is 24.3 Å². The van der Waals surface area contributed by atoms with E-state index in [1.807, 2.05) is 12.1 Å². The highest BCUT2D eigenvalue weighted by atomic mass is 19.4. The lowest BCUT2D eigenvalue weighted by atomic mass is 10.0. The van der Waals surface area contributed by atoms with Crippen LogP contribution in [0.5, 0.6) is 5.75 Å². The van der Waals surface area contributed by atoms with E-state index in [1.165, 1.54) is 7.11 Å². The van der Waals surface area contributed by atoms with E-state index in [0.29, 0.717) is 35.3 Å². The van der Waals surface area contributed by atoms with Crippen LogP contribution < -0.4 is 30.9 Å². The number of hydrogen-bond donors (Lipinski definition) is 5. The molecule has 218 valence electrons. The molecular weight excluding hydrogens is 539 g/mol. The summed E-state index contributed by atoms with van der Waals surface area (Å²) in [7, 11) is 1.52. The average Bonchev–Trinajstić information content (AvgIpc) is 3.35. The molecule has 0 bridgehead atoms. The topological polar surface area (TPSA) is 124 Å². The molecule has 2 aliphatic rings. The summed E-state index contributed by atoms with van der Waals surface area (Å²) in [6, 6.07) is 11.2. The van der Waals surface area contributed by atoms with Crippen molar-refractivity contribution in [2.24, 2.45) is 0 Å². The summed E-state index contributed by atoms with van der Waals surface area (Å²) in [4.78, 5) is 22.1. The summed E-state index contributed by atoms with van der Waals surface area (Å²) >= 11 is 0. The SMILES string of the molecule is COc1cc(N2CCC(NCCO)CC2)ccc1Nc1ncc(C(F)(F)F)c(NCc2cccc3c2CC(=O)N3)n1. The van der Waals surface area contributed by atoms with E-state index in [9.17, 15) is 18.0 Å². The van der Waals surface area contributed by atoms with E-state index >= 15 is 0 Å². The number of piperidine rings is 1. The predicted molar refractivity (Wildman–Crippen MR) is 150 cm³/mol. The molecule has 10 nitrogen and oxygen atoms in total. The number of halogens is 3. The van der Waals surface area contributed by atoms with Crippen LogP contribution >= 0.6 is 0 Å². The number of nitrogens with zero attached hydrogens (tertiary/aromatic N) is 3. The predicted octanol–water partition coefficient (Wildman–Crippen LogP) is 3.91. The molecule has 0 unspecified atom stereocenters. The highest BCUT2D eigenvalue weighted by molar-refractivity contribution is 5.99. The van der Waals surface area contributed by atoms with Crippen LogP contribution in [-0.2, 0) is 23.9 Å². The van der Waals surface area contributed by atoms with Gasteiger partial charge in [0.05, 0.1) is 25.8 Å². The van der Waals surface area contributed by atoms with Gasteiger partial charge in [-0.1, -0.05) is 12.1 Å². The standard InChI is InChI=1S/C28H32F3N7O3/c1-41-24-13-19(38-10-7-18(8-11-38)32-9-12-39)5-6-23(24)36-27-34-16-21(28(29,30)31)26(37-27)33-15-17-3-2-4-22-20(17)14-25(40)35-22/h2-6,13,16,18,32,39H,7-12,14-15H2,1H3,(H,35,40)(H2,33,34,36,37). The summed E-state index contributed by atoms with van der Waals surface area (Å²) in [5.74, 6) is -0.0647.